The summed E-state index contributed by atoms with van der Waals surface area (Å²) in [6.45, 7) is 10.1. The van der Waals surface area contributed by atoms with Crippen molar-refractivity contribution >= 4 is 51.6 Å². The van der Waals surface area contributed by atoms with Crippen LogP contribution in [0, 0.1) is 0 Å². The van der Waals surface area contributed by atoms with E-state index in [1.54, 1.807) is 43.3 Å². The molecule has 0 bridgehead atoms. The van der Waals surface area contributed by atoms with Crippen LogP contribution < -0.4 is 10.4 Å². The highest BCUT2D eigenvalue weighted by atomic mass is 28.5. The Morgan fingerprint density at radius 3 is 1.64 bits per heavy atom. The first-order valence-corrected chi connectivity index (χ1v) is 20.8. The van der Waals surface area contributed by atoms with Gasteiger partial charge in [0.2, 0.25) is 0 Å². The van der Waals surface area contributed by atoms with E-state index in [1.807, 2.05) is 0 Å². The maximum Gasteiger partial charge on any atom is 0.520 e. The van der Waals surface area contributed by atoms with E-state index >= 15 is 0 Å². The molecular weight excluding hydrogens is 617 g/mol. The molecule has 0 saturated carbocycles. The van der Waals surface area contributed by atoms with Crippen LogP contribution in [0.15, 0.2) is 85.0 Å². The predicted octanol–water partition coefficient (Wildman–Crippen LogP) is 0.416. The third-order valence-electron chi connectivity index (χ3n) is 6.02. The van der Waals surface area contributed by atoms with Gasteiger partial charge in [0.05, 0.1) is 13.2 Å². The van der Waals surface area contributed by atoms with Crippen molar-refractivity contribution in [2.45, 2.75) is 45.1 Å². The van der Waals surface area contributed by atoms with Crippen molar-refractivity contribution in [3.8, 4) is 0 Å². The molecule has 1 aliphatic rings. The smallest absolute Gasteiger partial charge is 0.462 e. The SMILES string of the molecule is C=C(C)C(=O)OCCC[Si]1(O)O[Si](O)(CCCOC(O)C(=C)C)O[Si](O)(c2ccccc2)O[Si](O)(c2ccccc2)O1. The van der Waals surface area contributed by atoms with Crippen LogP contribution in [0.25, 0.3) is 0 Å². The first-order chi connectivity index (χ1) is 19.7. The van der Waals surface area contributed by atoms with Crippen molar-refractivity contribution < 1.29 is 55.0 Å². The number of esters is 1. The molecule has 1 aliphatic heterocycles. The monoisotopic (exact) mass is 654 g/mol. The van der Waals surface area contributed by atoms with E-state index in [2.05, 4.69) is 13.2 Å². The molecule has 0 spiro atoms. The Balaban J connectivity index is 1.96. The average molecular weight is 655 g/mol. The number of benzene rings is 2. The Hall–Kier alpha value is -2.14. The minimum Gasteiger partial charge on any atom is -0.462 e. The second-order valence-corrected chi connectivity index (χ2v) is 20.5. The van der Waals surface area contributed by atoms with Gasteiger partial charge in [-0.25, -0.2) is 4.79 Å². The first kappa shape index (κ1) is 34.3. The van der Waals surface area contributed by atoms with E-state index in [0.29, 0.717) is 5.57 Å². The fourth-order valence-corrected chi connectivity index (χ4v) is 19.0. The van der Waals surface area contributed by atoms with Crippen molar-refractivity contribution in [3.05, 3.63) is 85.0 Å². The first-order valence-electron chi connectivity index (χ1n) is 13.3. The highest BCUT2D eigenvalue weighted by Crippen LogP contribution is 2.31. The van der Waals surface area contributed by atoms with Gasteiger partial charge in [-0.3, -0.25) is 0 Å². The largest absolute Gasteiger partial charge is 0.520 e. The molecule has 3 rings (SSSR count). The summed E-state index contributed by atoms with van der Waals surface area (Å²) in [5.41, 5.74) is 0.583. The number of aliphatic hydroxyl groups excluding tert-OH is 1. The fraction of sp³-hybridized carbons (Fsp3) is 0.346. The number of hydrogen-bond donors (Lipinski definition) is 5. The molecule has 12 nitrogen and oxygen atoms in total. The van der Waals surface area contributed by atoms with Gasteiger partial charge >= 0.3 is 41.2 Å². The van der Waals surface area contributed by atoms with Crippen molar-refractivity contribution in [2.75, 3.05) is 13.2 Å². The highest BCUT2D eigenvalue weighted by Gasteiger charge is 2.65. The Morgan fingerprint density at radius 2 is 1.21 bits per heavy atom. The lowest BCUT2D eigenvalue weighted by atomic mass is 10.3. The van der Waals surface area contributed by atoms with Gasteiger partial charge in [0.25, 0.3) is 0 Å². The molecule has 230 valence electrons. The lowest BCUT2D eigenvalue weighted by Crippen LogP contribution is -2.76. The van der Waals surface area contributed by atoms with Crippen LogP contribution in [-0.4, -0.2) is 85.0 Å². The predicted molar refractivity (Wildman–Crippen MR) is 160 cm³/mol. The lowest BCUT2D eigenvalue weighted by Gasteiger charge is -2.44. The van der Waals surface area contributed by atoms with Crippen molar-refractivity contribution in [2.24, 2.45) is 0 Å². The fourth-order valence-electron chi connectivity index (χ4n) is 3.91. The molecule has 1 heterocycles. The zero-order valence-electron chi connectivity index (χ0n) is 23.6. The summed E-state index contributed by atoms with van der Waals surface area (Å²) < 4.78 is 34.3. The standard InChI is InChI=1S/C26H38O12Si4/c1-21(2)25(27)33-17-11-19-39(29)35-40(30,20-12-18-34-26(28)22(3)4)37-42(32,24-15-9-6-10-16-24)38-41(31,36-39)23-13-7-5-8-14-23/h5-10,13-16,25,27,29-32H,1,3,11-12,17-20H2,2,4H3. The van der Waals surface area contributed by atoms with Crippen LogP contribution in [-0.2, 0) is 30.7 Å². The number of carbonyl (C=O) groups is 1. The molecule has 1 saturated heterocycles. The average Bonchev–Trinajstić information content (AvgIpc) is 2.93. The topological polar surface area (TPSA) is 174 Å². The van der Waals surface area contributed by atoms with Gasteiger partial charge in [0.15, 0.2) is 6.29 Å². The molecule has 0 aliphatic carbocycles. The Kier molecular flexibility index (Phi) is 11.9. The summed E-state index contributed by atoms with van der Waals surface area (Å²) in [5.74, 6) is -0.619. The van der Waals surface area contributed by atoms with Crippen LogP contribution in [0.4, 0.5) is 0 Å². The summed E-state index contributed by atoms with van der Waals surface area (Å²) >= 11 is 0. The molecule has 2 aromatic carbocycles. The molecule has 5 unspecified atom stereocenters. The van der Waals surface area contributed by atoms with Gasteiger partial charge in [0, 0.05) is 28.0 Å². The van der Waals surface area contributed by atoms with E-state index in [0.717, 1.165) is 0 Å². The molecule has 5 N–H and O–H groups in total. The highest BCUT2D eigenvalue weighted by molar-refractivity contribution is 6.95. The molecule has 5 atom stereocenters. The van der Waals surface area contributed by atoms with Crippen molar-refractivity contribution in [1.82, 2.24) is 0 Å². The maximum absolute atomic E-state index is 11.9. The van der Waals surface area contributed by atoms with Gasteiger partial charge in [0.1, 0.15) is 0 Å². The van der Waals surface area contributed by atoms with Gasteiger partial charge < -0.3 is 50.2 Å². The molecule has 16 heteroatoms. The van der Waals surface area contributed by atoms with E-state index in [-0.39, 0.29) is 54.1 Å². The Morgan fingerprint density at radius 1 is 0.762 bits per heavy atom. The third-order valence-corrected chi connectivity index (χ3v) is 19.6. The van der Waals surface area contributed by atoms with Crippen LogP contribution in [0.3, 0.4) is 0 Å². The minimum absolute atomic E-state index is 0.0391. The quantitative estimate of drug-likeness (QED) is 0.0504. The van der Waals surface area contributed by atoms with E-state index in [4.69, 9.17) is 25.9 Å². The minimum atomic E-state index is -4.68. The zero-order valence-corrected chi connectivity index (χ0v) is 27.6. The summed E-state index contributed by atoms with van der Waals surface area (Å²) in [5, 5.41) is 10.2. The second kappa shape index (κ2) is 14.6. The molecule has 0 aromatic heterocycles. The number of ether oxygens (including phenoxy) is 2. The molecule has 1 fully saturated rings. The molecule has 2 aromatic rings. The summed E-state index contributed by atoms with van der Waals surface area (Å²) in [6, 6.07) is 15.5. The lowest BCUT2D eigenvalue weighted by molar-refractivity contribution is -0.139. The molecule has 42 heavy (non-hydrogen) atoms. The second-order valence-electron chi connectivity index (χ2n) is 9.92. The van der Waals surface area contributed by atoms with E-state index in [9.17, 15) is 29.1 Å². The van der Waals surface area contributed by atoms with E-state index in [1.165, 1.54) is 31.2 Å². The van der Waals surface area contributed by atoms with Gasteiger partial charge in [-0.1, -0.05) is 73.8 Å². The number of aliphatic hydroxyl groups is 1. The molecule has 0 radical (unpaired) electrons. The van der Waals surface area contributed by atoms with Crippen LogP contribution in [0.2, 0.25) is 12.1 Å². The summed E-state index contributed by atoms with van der Waals surface area (Å²) in [4.78, 5) is 59.0. The molecular formula is C26H38O12Si4. The van der Waals surface area contributed by atoms with Gasteiger partial charge in [-0.05, 0) is 32.3 Å². The number of rotatable bonds is 13. The van der Waals surface area contributed by atoms with Crippen LogP contribution >= 0.6 is 0 Å². The third kappa shape index (κ3) is 9.43. The molecule has 0 amide bonds. The summed E-state index contributed by atoms with van der Waals surface area (Å²) in [7, 11) is -18.5. The number of hydrogen-bond acceptors (Lipinski definition) is 12. The Bertz CT molecular complexity index is 1220. The van der Waals surface area contributed by atoms with Gasteiger partial charge in [-0.15, -0.1) is 0 Å². The summed E-state index contributed by atoms with van der Waals surface area (Å²) in [6.07, 6.45) is -1.09. The van der Waals surface area contributed by atoms with Crippen molar-refractivity contribution in [3.63, 3.8) is 0 Å². The maximum atomic E-state index is 11.9. The normalized spacial score (nSPS) is 28.7. The van der Waals surface area contributed by atoms with Crippen molar-refractivity contribution in [1.29, 1.82) is 0 Å². The van der Waals surface area contributed by atoms with Crippen LogP contribution in [0.1, 0.15) is 26.7 Å². The number of carbonyl (C=O) groups excluding carboxylic acids is 1. The van der Waals surface area contributed by atoms with E-state index < -0.39 is 47.5 Å². The van der Waals surface area contributed by atoms with Crippen LogP contribution in [0.5, 0.6) is 0 Å². The van der Waals surface area contributed by atoms with Gasteiger partial charge in [-0.2, -0.15) is 0 Å². The Labute approximate surface area is 249 Å². The zero-order chi connectivity index (χ0) is 31.0.